The lowest BCUT2D eigenvalue weighted by Gasteiger charge is -2.00. The van der Waals surface area contributed by atoms with Gasteiger partial charge in [0.2, 0.25) is 5.95 Å². The van der Waals surface area contributed by atoms with Crippen molar-refractivity contribution in [3.63, 3.8) is 0 Å². The van der Waals surface area contributed by atoms with Crippen molar-refractivity contribution < 1.29 is 13.9 Å². The van der Waals surface area contributed by atoms with Crippen LogP contribution in [0.3, 0.4) is 0 Å². The molecule has 0 saturated heterocycles. The fraction of sp³-hybridized carbons (Fsp3) is 0.375. The van der Waals surface area contributed by atoms with Crippen LogP contribution in [0, 0.1) is 5.95 Å². The second-order valence-corrected chi connectivity index (χ2v) is 2.34. The van der Waals surface area contributed by atoms with Gasteiger partial charge in [0.05, 0.1) is 18.1 Å². The van der Waals surface area contributed by atoms with Gasteiger partial charge in [-0.2, -0.15) is 4.39 Å². The molecule has 70 valence electrons. The van der Waals surface area contributed by atoms with E-state index in [0.29, 0.717) is 12.1 Å². The Morgan fingerprint density at radius 2 is 2.31 bits per heavy atom. The van der Waals surface area contributed by atoms with Crippen LogP contribution in [0.25, 0.3) is 0 Å². The Labute approximate surface area is 74.8 Å². The molecule has 1 heterocycles. The Hall–Kier alpha value is -1.52. The highest BCUT2D eigenvalue weighted by molar-refractivity contribution is 5.68. The van der Waals surface area contributed by atoms with E-state index in [1.54, 1.807) is 6.92 Å². The lowest BCUT2D eigenvalue weighted by Crippen LogP contribution is -2.04. The number of halogens is 1. The highest BCUT2D eigenvalue weighted by Crippen LogP contribution is 1.97. The van der Waals surface area contributed by atoms with Crippen LogP contribution in [0.4, 0.5) is 4.39 Å². The third-order valence-corrected chi connectivity index (χ3v) is 1.34. The molecule has 1 aromatic heterocycles. The Bertz CT molecular complexity index is 287. The molecule has 5 heteroatoms. The number of rotatable bonds is 3. The van der Waals surface area contributed by atoms with Crippen LogP contribution in [-0.2, 0) is 16.1 Å². The predicted octanol–water partition coefficient (Wildman–Crippen LogP) is 1.07. The minimum atomic E-state index is -0.648. The van der Waals surface area contributed by atoms with E-state index in [1.165, 1.54) is 6.20 Å². The fourth-order valence-electron chi connectivity index (χ4n) is 0.670. The molecule has 0 atom stereocenters. The van der Waals surface area contributed by atoms with Crippen molar-refractivity contribution in [2.24, 2.45) is 0 Å². The highest BCUT2D eigenvalue weighted by atomic mass is 19.1. The first-order chi connectivity index (χ1) is 6.22. The van der Waals surface area contributed by atoms with E-state index in [0.717, 1.165) is 6.20 Å². The summed E-state index contributed by atoms with van der Waals surface area (Å²) in [5.74, 6) is -0.961. The van der Waals surface area contributed by atoms with Crippen molar-refractivity contribution in [3.05, 3.63) is 24.0 Å². The van der Waals surface area contributed by atoms with E-state index in [2.05, 4.69) is 9.97 Å². The summed E-state index contributed by atoms with van der Waals surface area (Å²) >= 11 is 0. The monoisotopic (exact) mass is 184 g/mol. The minimum absolute atomic E-state index is 0.0416. The molecule has 0 fully saturated rings. The van der Waals surface area contributed by atoms with Crippen LogP contribution in [0.1, 0.15) is 19.0 Å². The highest BCUT2D eigenvalue weighted by Gasteiger charge is 2.01. The van der Waals surface area contributed by atoms with Gasteiger partial charge in [0.25, 0.3) is 0 Å². The number of hydrogen-bond acceptors (Lipinski definition) is 4. The molecule has 4 nitrogen and oxygen atoms in total. The van der Waals surface area contributed by atoms with Gasteiger partial charge < -0.3 is 4.74 Å². The summed E-state index contributed by atoms with van der Waals surface area (Å²) in [7, 11) is 0. The van der Waals surface area contributed by atoms with Crippen molar-refractivity contribution in [2.75, 3.05) is 0 Å². The summed E-state index contributed by atoms with van der Waals surface area (Å²) in [5.41, 5.74) is 0.434. The molecule has 0 spiro atoms. The maximum absolute atomic E-state index is 12.3. The Balaban J connectivity index is 2.46. The smallest absolute Gasteiger partial charge is 0.305 e. The van der Waals surface area contributed by atoms with Gasteiger partial charge in [-0.1, -0.05) is 6.92 Å². The molecule has 0 aromatic carbocycles. The van der Waals surface area contributed by atoms with Crippen molar-refractivity contribution >= 4 is 5.97 Å². The molecular weight excluding hydrogens is 175 g/mol. The van der Waals surface area contributed by atoms with E-state index in [9.17, 15) is 9.18 Å². The van der Waals surface area contributed by atoms with Gasteiger partial charge in [0.15, 0.2) is 0 Å². The van der Waals surface area contributed by atoms with Crippen LogP contribution < -0.4 is 0 Å². The number of esters is 1. The molecule has 0 bridgehead atoms. The molecule has 0 aliphatic rings. The molecule has 1 rings (SSSR count). The predicted molar refractivity (Wildman–Crippen MR) is 42.1 cm³/mol. The largest absolute Gasteiger partial charge is 0.459 e. The molecule has 0 aliphatic heterocycles. The Morgan fingerprint density at radius 1 is 1.54 bits per heavy atom. The average molecular weight is 184 g/mol. The van der Waals surface area contributed by atoms with Crippen molar-refractivity contribution in [3.8, 4) is 0 Å². The van der Waals surface area contributed by atoms with Crippen molar-refractivity contribution in [1.82, 2.24) is 9.97 Å². The summed E-state index contributed by atoms with van der Waals surface area (Å²) in [6.45, 7) is 1.73. The van der Waals surface area contributed by atoms with Gasteiger partial charge in [0, 0.05) is 6.42 Å². The lowest BCUT2D eigenvalue weighted by atomic mass is 10.4. The van der Waals surface area contributed by atoms with Gasteiger partial charge in [0.1, 0.15) is 6.61 Å². The van der Waals surface area contributed by atoms with E-state index >= 15 is 0 Å². The number of aromatic nitrogens is 2. The molecule has 0 radical (unpaired) electrons. The standard InChI is InChI=1S/C8H9FN2O2/c1-2-8(12)13-5-6-3-11-7(9)4-10-6/h3-4H,2,5H2,1H3. The second kappa shape index (κ2) is 4.49. The van der Waals surface area contributed by atoms with E-state index in [4.69, 9.17) is 4.74 Å². The van der Waals surface area contributed by atoms with Crippen LogP contribution in [0.5, 0.6) is 0 Å². The first kappa shape index (κ1) is 9.57. The molecule has 1 aromatic rings. The first-order valence-corrected chi connectivity index (χ1v) is 3.84. The fourth-order valence-corrected chi connectivity index (χ4v) is 0.670. The number of ether oxygens (including phenoxy) is 1. The Kier molecular flexibility index (Phi) is 3.31. The number of carbonyl (C=O) groups is 1. The maximum atomic E-state index is 12.3. The molecule has 13 heavy (non-hydrogen) atoms. The Morgan fingerprint density at radius 3 is 2.85 bits per heavy atom. The summed E-state index contributed by atoms with van der Waals surface area (Å²) in [4.78, 5) is 17.7. The molecule has 0 aliphatic carbocycles. The number of nitrogens with zero attached hydrogens (tertiary/aromatic N) is 2. The molecule has 0 amide bonds. The van der Waals surface area contributed by atoms with Gasteiger partial charge in [-0.05, 0) is 0 Å². The molecule has 0 N–H and O–H groups in total. The van der Waals surface area contributed by atoms with Gasteiger partial charge in [-0.15, -0.1) is 0 Å². The van der Waals surface area contributed by atoms with E-state index < -0.39 is 5.95 Å². The first-order valence-electron chi connectivity index (χ1n) is 3.84. The topological polar surface area (TPSA) is 52.1 Å². The summed E-state index contributed by atoms with van der Waals surface area (Å²) in [5, 5.41) is 0. The third kappa shape index (κ3) is 3.14. The maximum Gasteiger partial charge on any atom is 0.305 e. The molecule has 0 saturated carbocycles. The SMILES string of the molecule is CCC(=O)OCc1cnc(F)cn1. The lowest BCUT2D eigenvalue weighted by molar-refractivity contribution is -0.144. The van der Waals surface area contributed by atoms with Gasteiger partial charge in [-0.3, -0.25) is 9.78 Å². The van der Waals surface area contributed by atoms with Crippen LogP contribution in [0.15, 0.2) is 12.4 Å². The van der Waals surface area contributed by atoms with Crippen molar-refractivity contribution in [2.45, 2.75) is 20.0 Å². The van der Waals surface area contributed by atoms with E-state index in [-0.39, 0.29) is 12.6 Å². The van der Waals surface area contributed by atoms with Crippen LogP contribution in [-0.4, -0.2) is 15.9 Å². The summed E-state index contributed by atoms with van der Waals surface area (Å²) < 4.78 is 17.0. The van der Waals surface area contributed by atoms with Gasteiger partial charge >= 0.3 is 5.97 Å². The molecule has 0 unspecified atom stereocenters. The second-order valence-electron chi connectivity index (χ2n) is 2.34. The van der Waals surface area contributed by atoms with E-state index in [1.807, 2.05) is 0 Å². The number of hydrogen-bond donors (Lipinski definition) is 0. The van der Waals surface area contributed by atoms with Crippen LogP contribution >= 0.6 is 0 Å². The quantitative estimate of drug-likeness (QED) is 0.659. The zero-order valence-electron chi connectivity index (χ0n) is 7.16. The third-order valence-electron chi connectivity index (χ3n) is 1.34. The number of carbonyl (C=O) groups excluding carboxylic acids is 1. The summed E-state index contributed by atoms with van der Waals surface area (Å²) in [6, 6.07) is 0. The zero-order valence-corrected chi connectivity index (χ0v) is 7.16. The average Bonchev–Trinajstić information content (AvgIpc) is 2.16. The van der Waals surface area contributed by atoms with Crippen LogP contribution in [0.2, 0.25) is 0 Å². The van der Waals surface area contributed by atoms with Crippen molar-refractivity contribution in [1.29, 1.82) is 0 Å². The summed E-state index contributed by atoms with van der Waals surface area (Å²) in [6.07, 6.45) is 2.53. The molecular formula is C8H9FN2O2. The minimum Gasteiger partial charge on any atom is -0.459 e. The zero-order chi connectivity index (χ0) is 9.68. The van der Waals surface area contributed by atoms with Gasteiger partial charge in [-0.25, -0.2) is 4.98 Å². The normalized spacial score (nSPS) is 9.69.